The maximum atomic E-state index is 12.4. The molecule has 0 saturated carbocycles. The van der Waals surface area contributed by atoms with E-state index in [4.69, 9.17) is 5.11 Å². The van der Waals surface area contributed by atoms with Crippen molar-refractivity contribution in [3.8, 4) is 0 Å². The molecule has 2 rings (SSSR count). The van der Waals surface area contributed by atoms with Gasteiger partial charge in [0.2, 0.25) is 0 Å². The van der Waals surface area contributed by atoms with Gasteiger partial charge in [0.1, 0.15) is 5.82 Å². The first-order valence-electron chi connectivity index (χ1n) is 7.36. The minimum Gasteiger partial charge on any atom is -0.478 e. The number of nitrogens with one attached hydrogen (secondary N) is 1. The molecule has 0 spiro atoms. The Labute approximate surface area is 140 Å². The molecule has 0 aliphatic carbocycles. The first-order chi connectivity index (χ1) is 11.2. The lowest BCUT2D eigenvalue weighted by Gasteiger charge is -2.10. The zero-order chi connectivity index (χ0) is 17.9. The second-order valence-corrected chi connectivity index (χ2v) is 7.56. The molecule has 0 fully saturated rings. The number of carboxylic acids is 1. The monoisotopic (exact) mass is 349 g/mol. The van der Waals surface area contributed by atoms with Crippen molar-refractivity contribution in [1.29, 1.82) is 0 Å². The number of aryl methyl sites for hydroxylation is 1. The minimum absolute atomic E-state index is 0.0174. The van der Waals surface area contributed by atoms with E-state index < -0.39 is 16.0 Å². The summed E-state index contributed by atoms with van der Waals surface area (Å²) >= 11 is 0. The third-order valence-corrected chi connectivity index (χ3v) is 4.67. The van der Waals surface area contributed by atoms with E-state index >= 15 is 0 Å². The van der Waals surface area contributed by atoms with E-state index in [2.05, 4.69) is 14.7 Å². The topological polar surface area (TPSA) is 109 Å². The van der Waals surface area contributed by atoms with Crippen LogP contribution in [0.15, 0.2) is 35.5 Å². The van der Waals surface area contributed by atoms with Crippen molar-refractivity contribution in [2.45, 2.75) is 32.1 Å². The number of rotatable bonds is 6. The van der Waals surface area contributed by atoms with E-state index in [1.807, 2.05) is 13.8 Å². The average Bonchev–Trinajstić information content (AvgIpc) is 2.48. The Bertz CT molecular complexity index is 846. The van der Waals surface area contributed by atoms with Gasteiger partial charge < -0.3 is 5.11 Å². The molecule has 0 bridgehead atoms. The highest BCUT2D eigenvalue weighted by atomic mass is 32.2. The van der Waals surface area contributed by atoms with Gasteiger partial charge in [0.05, 0.1) is 28.5 Å². The molecular weight excluding hydrogens is 330 g/mol. The van der Waals surface area contributed by atoms with Crippen molar-refractivity contribution in [1.82, 2.24) is 9.97 Å². The molecule has 0 atom stereocenters. The first kappa shape index (κ1) is 17.9. The number of carboxylic acid groups (broad SMARTS) is 1. The third-order valence-electron chi connectivity index (χ3n) is 3.29. The summed E-state index contributed by atoms with van der Waals surface area (Å²) in [6.45, 7) is 5.64. The Hall–Kier alpha value is -2.48. The normalized spacial score (nSPS) is 11.5. The van der Waals surface area contributed by atoms with Gasteiger partial charge in [0.15, 0.2) is 0 Å². The molecule has 0 saturated heterocycles. The SMILES string of the molecule is Cc1cc(S(=O)(=O)Nc2cnc(CC(C)C)nc2)ccc1C(=O)O. The second-order valence-electron chi connectivity index (χ2n) is 5.87. The quantitative estimate of drug-likeness (QED) is 0.829. The molecule has 0 radical (unpaired) electrons. The lowest BCUT2D eigenvalue weighted by molar-refractivity contribution is 0.0696. The Morgan fingerprint density at radius 2 is 1.88 bits per heavy atom. The molecule has 1 aromatic heterocycles. The summed E-state index contributed by atoms with van der Waals surface area (Å²) in [6.07, 6.45) is 3.55. The molecule has 128 valence electrons. The van der Waals surface area contributed by atoms with Crippen molar-refractivity contribution in [3.63, 3.8) is 0 Å². The van der Waals surface area contributed by atoms with E-state index in [1.165, 1.54) is 30.6 Å². The highest BCUT2D eigenvalue weighted by molar-refractivity contribution is 7.92. The Morgan fingerprint density at radius 3 is 2.38 bits per heavy atom. The van der Waals surface area contributed by atoms with Crippen molar-refractivity contribution in [2.75, 3.05) is 4.72 Å². The van der Waals surface area contributed by atoms with Gasteiger partial charge in [-0.05, 0) is 36.6 Å². The molecule has 2 aromatic rings. The summed E-state index contributed by atoms with van der Waals surface area (Å²) < 4.78 is 27.2. The highest BCUT2D eigenvalue weighted by Crippen LogP contribution is 2.19. The molecular formula is C16H19N3O4S. The van der Waals surface area contributed by atoms with Crippen LogP contribution in [0.4, 0.5) is 5.69 Å². The number of anilines is 1. The van der Waals surface area contributed by atoms with Crippen LogP contribution in [0.3, 0.4) is 0 Å². The molecule has 1 aromatic carbocycles. The zero-order valence-electron chi connectivity index (χ0n) is 13.6. The van der Waals surface area contributed by atoms with Crippen molar-refractivity contribution < 1.29 is 18.3 Å². The van der Waals surface area contributed by atoms with E-state index in [0.29, 0.717) is 23.7 Å². The average molecular weight is 349 g/mol. The van der Waals surface area contributed by atoms with Gasteiger partial charge in [-0.3, -0.25) is 4.72 Å². The zero-order valence-corrected chi connectivity index (χ0v) is 14.5. The van der Waals surface area contributed by atoms with Crippen LogP contribution in [0.25, 0.3) is 0 Å². The van der Waals surface area contributed by atoms with E-state index in [9.17, 15) is 13.2 Å². The Morgan fingerprint density at radius 1 is 1.25 bits per heavy atom. The summed E-state index contributed by atoms with van der Waals surface area (Å²) in [6, 6.07) is 3.85. The highest BCUT2D eigenvalue weighted by Gasteiger charge is 2.17. The molecule has 0 unspecified atom stereocenters. The largest absolute Gasteiger partial charge is 0.478 e. The second kappa shape index (κ2) is 6.96. The number of carbonyl (C=O) groups is 1. The van der Waals surface area contributed by atoms with Crippen LogP contribution in [0.5, 0.6) is 0 Å². The van der Waals surface area contributed by atoms with E-state index in [0.717, 1.165) is 0 Å². The molecule has 7 nitrogen and oxygen atoms in total. The number of aromatic carboxylic acids is 1. The number of nitrogens with zero attached hydrogens (tertiary/aromatic N) is 2. The van der Waals surface area contributed by atoms with Crippen molar-refractivity contribution >= 4 is 21.7 Å². The maximum absolute atomic E-state index is 12.4. The minimum atomic E-state index is -3.84. The standard InChI is InChI=1S/C16H19N3O4S/c1-10(2)6-15-17-8-12(9-18-15)19-24(22,23)13-4-5-14(16(20)21)11(3)7-13/h4-5,7-10,19H,6H2,1-3H3,(H,20,21). The lowest BCUT2D eigenvalue weighted by atomic mass is 10.1. The van der Waals surface area contributed by atoms with Gasteiger partial charge in [-0.2, -0.15) is 0 Å². The van der Waals surface area contributed by atoms with Gasteiger partial charge in [0, 0.05) is 6.42 Å². The van der Waals surface area contributed by atoms with E-state index in [1.54, 1.807) is 6.92 Å². The van der Waals surface area contributed by atoms with Gasteiger partial charge >= 0.3 is 5.97 Å². The number of aromatic nitrogens is 2. The Kier molecular flexibility index (Phi) is 5.18. The summed E-state index contributed by atoms with van der Waals surface area (Å²) in [5.41, 5.74) is 0.687. The first-order valence-corrected chi connectivity index (χ1v) is 8.85. The number of benzene rings is 1. The van der Waals surface area contributed by atoms with Gasteiger partial charge in [-0.1, -0.05) is 13.8 Å². The number of hydrogen-bond acceptors (Lipinski definition) is 5. The third kappa shape index (κ3) is 4.29. The molecule has 2 N–H and O–H groups in total. The summed E-state index contributed by atoms with van der Waals surface area (Å²) in [7, 11) is -3.84. The smallest absolute Gasteiger partial charge is 0.335 e. The lowest BCUT2D eigenvalue weighted by Crippen LogP contribution is -2.14. The summed E-state index contributed by atoms with van der Waals surface area (Å²) in [4.78, 5) is 19.3. The van der Waals surface area contributed by atoms with Crippen LogP contribution in [0, 0.1) is 12.8 Å². The van der Waals surface area contributed by atoms with Crippen LogP contribution in [-0.2, 0) is 16.4 Å². The van der Waals surface area contributed by atoms with Gasteiger partial charge in [-0.15, -0.1) is 0 Å². The maximum Gasteiger partial charge on any atom is 0.335 e. The predicted molar refractivity (Wildman–Crippen MR) is 89.5 cm³/mol. The summed E-state index contributed by atoms with van der Waals surface area (Å²) in [5.74, 6) is -0.0450. The number of sulfonamides is 1. The van der Waals surface area contributed by atoms with E-state index in [-0.39, 0.29) is 16.1 Å². The van der Waals surface area contributed by atoms with Crippen molar-refractivity contribution in [2.24, 2.45) is 5.92 Å². The molecule has 0 aliphatic rings. The van der Waals surface area contributed by atoms with Crippen LogP contribution >= 0.6 is 0 Å². The fourth-order valence-corrected chi connectivity index (χ4v) is 3.25. The Balaban J connectivity index is 2.22. The predicted octanol–water partition coefficient (Wildman–Crippen LogP) is 2.48. The number of hydrogen-bond donors (Lipinski definition) is 2. The fourth-order valence-electron chi connectivity index (χ4n) is 2.14. The molecule has 1 heterocycles. The van der Waals surface area contributed by atoms with Crippen LogP contribution in [0.2, 0.25) is 0 Å². The van der Waals surface area contributed by atoms with Gasteiger partial charge in [0.25, 0.3) is 10.0 Å². The van der Waals surface area contributed by atoms with Gasteiger partial charge in [-0.25, -0.2) is 23.2 Å². The van der Waals surface area contributed by atoms with Crippen LogP contribution < -0.4 is 4.72 Å². The van der Waals surface area contributed by atoms with Crippen LogP contribution in [-0.4, -0.2) is 29.5 Å². The molecule has 0 aliphatic heterocycles. The van der Waals surface area contributed by atoms with Crippen LogP contribution in [0.1, 0.15) is 35.6 Å². The summed E-state index contributed by atoms with van der Waals surface area (Å²) in [5, 5.41) is 9.00. The fraction of sp³-hybridized carbons (Fsp3) is 0.312. The molecule has 0 amide bonds. The molecule has 24 heavy (non-hydrogen) atoms. The molecule has 8 heteroatoms. The van der Waals surface area contributed by atoms with Crippen molar-refractivity contribution in [3.05, 3.63) is 47.5 Å².